The van der Waals surface area contributed by atoms with E-state index in [0.29, 0.717) is 12.3 Å². The van der Waals surface area contributed by atoms with Gasteiger partial charge in [-0.25, -0.2) is 4.98 Å². The summed E-state index contributed by atoms with van der Waals surface area (Å²) in [6, 6.07) is 13.4. The number of aromatic nitrogens is 2. The van der Waals surface area contributed by atoms with Gasteiger partial charge in [-0.2, -0.15) is 0 Å². The van der Waals surface area contributed by atoms with Crippen molar-refractivity contribution >= 4 is 11.3 Å². The highest BCUT2D eigenvalue weighted by Gasteiger charge is 2.05. The molecule has 2 aromatic heterocycles. The number of hydrogen-bond donors (Lipinski definition) is 1. The van der Waals surface area contributed by atoms with E-state index in [1.54, 1.807) is 6.20 Å². The molecular weight excluding hydrogens is 226 g/mol. The van der Waals surface area contributed by atoms with Gasteiger partial charge in [0.05, 0.1) is 17.6 Å². The summed E-state index contributed by atoms with van der Waals surface area (Å²) in [5.74, 6) is 0.844. The summed E-state index contributed by atoms with van der Waals surface area (Å²) in [4.78, 5) is 4.29. The lowest BCUT2D eigenvalue weighted by Crippen LogP contribution is -2.00. The third kappa shape index (κ3) is 1.88. The maximum absolute atomic E-state index is 5.85. The maximum Gasteiger partial charge on any atom is 0.160 e. The van der Waals surface area contributed by atoms with Crippen LogP contribution in [0.15, 0.2) is 54.9 Å². The largest absolute Gasteiger partial charge is 0.487 e. The van der Waals surface area contributed by atoms with Gasteiger partial charge >= 0.3 is 0 Å². The van der Waals surface area contributed by atoms with E-state index in [9.17, 15) is 0 Å². The van der Waals surface area contributed by atoms with E-state index in [0.717, 1.165) is 17.1 Å². The van der Waals surface area contributed by atoms with Crippen LogP contribution in [0.5, 0.6) is 5.75 Å². The quantitative estimate of drug-likeness (QED) is 0.764. The number of ether oxygens (including phenoxy) is 1. The number of imidazole rings is 1. The Balaban J connectivity index is 1.85. The standard InChI is InChI=1S/C14H13N3O/c15-13-7-4-8-17-11(9-16-14(13)17)10-18-12-5-2-1-3-6-12/h1-9H,10,15H2. The van der Waals surface area contributed by atoms with Crippen molar-refractivity contribution in [3.8, 4) is 5.75 Å². The van der Waals surface area contributed by atoms with Crippen molar-refractivity contribution in [1.29, 1.82) is 0 Å². The molecule has 0 aliphatic rings. The summed E-state index contributed by atoms with van der Waals surface area (Å²) in [5, 5.41) is 0. The Labute approximate surface area is 105 Å². The Morgan fingerprint density at radius 1 is 1.11 bits per heavy atom. The Kier molecular flexibility index (Phi) is 2.61. The molecule has 0 atom stereocenters. The summed E-state index contributed by atoms with van der Waals surface area (Å²) in [6.45, 7) is 0.467. The number of anilines is 1. The van der Waals surface area contributed by atoms with E-state index < -0.39 is 0 Å². The molecule has 18 heavy (non-hydrogen) atoms. The number of para-hydroxylation sites is 1. The normalized spacial score (nSPS) is 10.7. The van der Waals surface area contributed by atoms with E-state index in [4.69, 9.17) is 10.5 Å². The highest BCUT2D eigenvalue weighted by Crippen LogP contribution is 2.16. The van der Waals surface area contributed by atoms with E-state index in [1.165, 1.54) is 0 Å². The van der Waals surface area contributed by atoms with Crippen LogP contribution in [0.2, 0.25) is 0 Å². The minimum Gasteiger partial charge on any atom is -0.487 e. The van der Waals surface area contributed by atoms with Crippen molar-refractivity contribution in [3.63, 3.8) is 0 Å². The molecule has 0 radical (unpaired) electrons. The van der Waals surface area contributed by atoms with Gasteiger partial charge in [0.15, 0.2) is 5.65 Å². The van der Waals surface area contributed by atoms with Crippen molar-refractivity contribution in [3.05, 3.63) is 60.6 Å². The van der Waals surface area contributed by atoms with Gasteiger partial charge in [-0.05, 0) is 24.3 Å². The van der Waals surface area contributed by atoms with Crippen LogP contribution >= 0.6 is 0 Å². The zero-order chi connectivity index (χ0) is 12.4. The highest BCUT2D eigenvalue weighted by molar-refractivity contribution is 5.64. The molecule has 0 aliphatic carbocycles. The summed E-state index contributed by atoms with van der Waals surface area (Å²) in [6.07, 6.45) is 3.72. The number of nitrogens with two attached hydrogens (primary N) is 1. The van der Waals surface area contributed by atoms with E-state index >= 15 is 0 Å². The average Bonchev–Trinajstić information content (AvgIpc) is 2.82. The molecule has 90 valence electrons. The van der Waals surface area contributed by atoms with Crippen LogP contribution < -0.4 is 10.5 Å². The molecule has 1 aromatic carbocycles. The van der Waals surface area contributed by atoms with Crippen LogP contribution in [0.3, 0.4) is 0 Å². The summed E-state index contributed by atoms with van der Waals surface area (Å²) >= 11 is 0. The van der Waals surface area contributed by atoms with Gasteiger partial charge in [0.25, 0.3) is 0 Å². The molecule has 0 fully saturated rings. The smallest absolute Gasteiger partial charge is 0.160 e. The number of benzene rings is 1. The average molecular weight is 239 g/mol. The first-order chi connectivity index (χ1) is 8.84. The first-order valence-corrected chi connectivity index (χ1v) is 5.73. The maximum atomic E-state index is 5.85. The second kappa shape index (κ2) is 4.41. The number of nitrogens with zero attached hydrogens (tertiary/aromatic N) is 2. The zero-order valence-electron chi connectivity index (χ0n) is 9.78. The first-order valence-electron chi connectivity index (χ1n) is 5.73. The fourth-order valence-electron chi connectivity index (χ4n) is 1.86. The molecule has 0 unspecified atom stereocenters. The predicted octanol–water partition coefficient (Wildman–Crippen LogP) is 2.50. The van der Waals surface area contributed by atoms with Crippen LogP contribution in [-0.4, -0.2) is 9.38 Å². The minimum atomic E-state index is 0.467. The summed E-state index contributed by atoms with van der Waals surface area (Å²) < 4.78 is 7.64. The number of nitrogen functional groups attached to an aromatic ring is 1. The van der Waals surface area contributed by atoms with E-state index in [2.05, 4.69) is 4.98 Å². The van der Waals surface area contributed by atoms with Crippen LogP contribution in [0, 0.1) is 0 Å². The molecule has 0 aliphatic heterocycles. The lowest BCUT2D eigenvalue weighted by molar-refractivity contribution is 0.300. The Hall–Kier alpha value is -2.49. The van der Waals surface area contributed by atoms with Crippen molar-refractivity contribution in [2.45, 2.75) is 6.61 Å². The van der Waals surface area contributed by atoms with Gasteiger partial charge < -0.3 is 10.5 Å². The van der Waals surface area contributed by atoms with Crippen molar-refractivity contribution in [2.75, 3.05) is 5.73 Å². The molecule has 0 amide bonds. The Bertz CT molecular complexity index is 661. The SMILES string of the molecule is Nc1cccn2c(COc3ccccc3)cnc12. The second-order valence-electron chi connectivity index (χ2n) is 4.01. The molecule has 3 rings (SSSR count). The molecular formula is C14H13N3O. The van der Waals surface area contributed by atoms with Gasteiger partial charge in [0.1, 0.15) is 12.4 Å². The fourth-order valence-corrected chi connectivity index (χ4v) is 1.86. The molecule has 0 bridgehead atoms. The zero-order valence-corrected chi connectivity index (χ0v) is 9.78. The molecule has 2 N–H and O–H groups in total. The van der Waals surface area contributed by atoms with Gasteiger partial charge in [0.2, 0.25) is 0 Å². The van der Waals surface area contributed by atoms with Crippen LogP contribution in [0.1, 0.15) is 5.69 Å². The molecule has 0 saturated carbocycles. The summed E-state index contributed by atoms with van der Waals surface area (Å²) in [7, 11) is 0. The van der Waals surface area contributed by atoms with Gasteiger partial charge in [-0.3, -0.25) is 4.40 Å². The second-order valence-corrected chi connectivity index (χ2v) is 4.01. The molecule has 4 nitrogen and oxygen atoms in total. The Morgan fingerprint density at radius 3 is 2.78 bits per heavy atom. The van der Waals surface area contributed by atoms with Crippen LogP contribution in [0.4, 0.5) is 5.69 Å². The molecule has 0 saturated heterocycles. The minimum absolute atomic E-state index is 0.467. The van der Waals surface area contributed by atoms with Gasteiger partial charge in [-0.15, -0.1) is 0 Å². The van der Waals surface area contributed by atoms with E-state index in [-0.39, 0.29) is 0 Å². The lowest BCUT2D eigenvalue weighted by Gasteiger charge is -2.06. The molecule has 2 heterocycles. The third-order valence-corrected chi connectivity index (χ3v) is 2.77. The molecule has 4 heteroatoms. The number of fused-ring (bicyclic) bond motifs is 1. The highest BCUT2D eigenvalue weighted by atomic mass is 16.5. The lowest BCUT2D eigenvalue weighted by atomic mass is 10.3. The first kappa shape index (κ1) is 10.7. The number of pyridine rings is 1. The predicted molar refractivity (Wildman–Crippen MR) is 70.4 cm³/mol. The molecule has 3 aromatic rings. The number of rotatable bonds is 3. The monoisotopic (exact) mass is 239 g/mol. The van der Waals surface area contributed by atoms with Gasteiger partial charge in [0, 0.05) is 6.20 Å². The Morgan fingerprint density at radius 2 is 1.94 bits per heavy atom. The van der Waals surface area contributed by atoms with Crippen molar-refractivity contribution in [1.82, 2.24) is 9.38 Å². The topological polar surface area (TPSA) is 52.5 Å². The van der Waals surface area contributed by atoms with Crippen LogP contribution in [-0.2, 0) is 6.61 Å². The van der Waals surface area contributed by atoms with Gasteiger partial charge in [-0.1, -0.05) is 18.2 Å². The summed E-state index contributed by atoms with van der Waals surface area (Å²) in [5.41, 5.74) is 8.26. The third-order valence-electron chi connectivity index (χ3n) is 2.77. The van der Waals surface area contributed by atoms with Crippen molar-refractivity contribution in [2.24, 2.45) is 0 Å². The van der Waals surface area contributed by atoms with Crippen LogP contribution in [0.25, 0.3) is 5.65 Å². The molecule has 0 spiro atoms. The number of hydrogen-bond acceptors (Lipinski definition) is 3. The van der Waals surface area contributed by atoms with E-state index in [1.807, 2.05) is 53.1 Å². The fraction of sp³-hybridized carbons (Fsp3) is 0.0714. The van der Waals surface area contributed by atoms with Crippen molar-refractivity contribution < 1.29 is 4.74 Å².